The van der Waals surface area contributed by atoms with E-state index in [1.807, 2.05) is 6.08 Å². The summed E-state index contributed by atoms with van der Waals surface area (Å²) in [6.45, 7) is 10.1. The third kappa shape index (κ3) is 1.89. The van der Waals surface area contributed by atoms with Crippen molar-refractivity contribution in [1.29, 1.82) is 0 Å². The van der Waals surface area contributed by atoms with Gasteiger partial charge in [-0.25, -0.2) is 0 Å². The number of hydrogen-bond acceptors (Lipinski definition) is 0. The minimum Gasteiger partial charge on any atom is -0.0988 e. The second kappa shape index (κ2) is 4.08. The van der Waals surface area contributed by atoms with Crippen molar-refractivity contribution in [1.82, 2.24) is 0 Å². The number of rotatable bonds is 1. The van der Waals surface area contributed by atoms with Gasteiger partial charge >= 0.3 is 0 Å². The van der Waals surface area contributed by atoms with Gasteiger partial charge in [-0.1, -0.05) is 36.9 Å². The monoisotopic (exact) mass is 172 g/mol. The summed E-state index contributed by atoms with van der Waals surface area (Å²) in [5.41, 5.74) is 2.55. The van der Waals surface area contributed by atoms with Gasteiger partial charge in [-0.2, -0.15) is 0 Å². The maximum atomic E-state index is 3.80. The van der Waals surface area contributed by atoms with E-state index in [0.29, 0.717) is 0 Å². The van der Waals surface area contributed by atoms with Gasteiger partial charge < -0.3 is 0 Å². The molecule has 0 aromatic heterocycles. The maximum Gasteiger partial charge on any atom is -0.0129 e. The molecule has 0 aliphatic heterocycles. The Kier molecular flexibility index (Phi) is 3.07. The number of benzene rings is 1. The summed E-state index contributed by atoms with van der Waals surface area (Å²) >= 11 is 0. The fourth-order valence-electron chi connectivity index (χ4n) is 1.57. The highest BCUT2D eigenvalue weighted by Gasteiger charge is 1.92. The Hall–Kier alpha value is -1.30. The largest absolute Gasteiger partial charge is 0.0988 e. The first-order valence-corrected chi connectivity index (χ1v) is 4.56. The highest BCUT2D eigenvalue weighted by molar-refractivity contribution is 5.55. The van der Waals surface area contributed by atoms with Crippen LogP contribution in [0, 0.1) is 6.92 Å². The molecule has 0 heterocycles. The van der Waals surface area contributed by atoms with E-state index in [9.17, 15) is 0 Å². The molecule has 0 fully saturated rings. The van der Waals surface area contributed by atoms with Crippen LogP contribution in [0.15, 0.2) is 30.9 Å². The predicted octanol–water partition coefficient (Wildman–Crippen LogP) is 2.15. The summed E-state index contributed by atoms with van der Waals surface area (Å²) in [4.78, 5) is 0. The van der Waals surface area contributed by atoms with Crippen LogP contribution in [0.3, 0.4) is 0 Å². The highest BCUT2D eigenvalue weighted by Crippen LogP contribution is 1.92. The van der Waals surface area contributed by atoms with Gasteiger partial charge in [0.1, 0.15) is 0 Å². The quantitative estimate of drug-likeness (QED) is 0.609. The van der Waals surface area contributed by atoms with E-state index in [2.05, 4.69) is 51.6 Å². The van der Waals surface area contributed by atoms with Crippen LogP contribution < -0.4 is 10.4 Å². The Morgan fingerprint density at radius 1 is 1.38 bits per heavy atom. The van der Waals surface area contributed by atoms with Crippen LogP contribution in [-0.2, 0) is 0 Å². The van der Waals surface area contributed by atoms with Crippen LogP contribution in [0.4, 0.5) is 0 Å². The Morgan fingerprint density at radius 2 is 2.08 bits per heavy atom. The fourth-order valence-corrected chi connectivity index (χ4v) is 1.57. The van der Waals surface area contributed by atoms with E-state index in [0.717, 1.165) is 0 Å². The van der Waals surface area contributed by atoms with Crippen molar-refractivity contribution in [2.75, 3.05) is 0 Å². The van der Waals surface area contributed by atoms with Crippen LogP contribution >= 0.6 is 0 Å². The lowest BCUT2D eigenvalue weighted by molar-refractivity contribution is 1.34. The third-order valence-corrected chi connectivity index (χ3v) is 2.32. The molecule has 1 rings (SSSR count). The average Bonchev–Trinajstić information content (AvgIpc) is 2.16. The van der Waals surface area contributed by atoms with Gasteiger partial charge in [-0.3, -0.25) is 0 Å². The van der Waals surface area contributed by atoms with Crippen molar-refractivity contribution < 1.29 is 0 Å². The summed E-state index contributed by atoms with van der Waals surface area (Å²) in [6.07, 6.45) is 4.05. The molecular formula is C13H16. The van der Waals surface area contributed by atoms with Crippen LogP contribution in [0.1, 0.15) is 19.4 Å². The molecule has 0 radical (unpaired) electrons. The molecule has 0 saturated heterocycles. The molecule has 0 heteroatoms. The van der Waals surface area contributed by atoms with E-state index in [-0.39, 0.29) is 0 Å². The van der Waals surface area contributed by atoms with Crippen LogP contribution in [0.2, 0.25) is 0 Å². The summed E-state index contributed by atoms with van der Waals surface area (Å²) in [7, 11) is 0. The average molecular weight is 172 g/mol. The topological polar surface area (TPSA) is 0 Å². The van der Waals surface area contributed by atoms with Gasteiger partial charge in [0, 0.05) is 0 Å². The van der Waals surface area contributed by atoms with Crippen LogP contribution in [-0.4, -0.2) is 0 Å². The van der Waals surface area contributed by atoms with Crippen molar-refractivity contribution in [3.05, 3.63) is 46.9 Å². The zero-order chi connectivity index (χ0) is 9.84. The van der Waals surface area contributed by atoms with Crippen molar-refractivity contribution in [2.45, 2.75) is 20.8 Å². The van der Waals surface area contributed by atoms with E-state index >= 15 is 0 Å². The van der Waals surface area contributed by atoms with Crippen molar-refractivity contribution in [2.24, 2.45) is 0 Å². The Morgan fingerprint density at radius 3 is 2.62 bits per heavy atom. The standard InChI is InChI=1S/C13H16/c1-5-10(3)13-11(4)8-7-9-12(13)6-2/h5-9H,1H2,2-4H3/b12-6-,13-10-. The summed E-state index contributed by atoms with van der Waals surface area (Å²) in [6, 6.07) is 6.36. The Balaban J connectivity index is 3.80. The van der Waals surface area contributed by atoms with E-state index < -0.39 is 0 Å². The molecular weight excluding hydrogens is 156 g/mol. The lowest BCUT2D eigenvalue weighted by Crippen LogP contribution is -2.28. The van der Waals surface area contributed by atoms with Gasteiger partial charge in [0.2, 0.25) is 0 Å². The molecule has 1 aromatic rings. The van der Waals surface area contributed by atoms with Gasteiger partial charge in [-0.15, -0.1) is 0 Å². The molecule has 0 atom stereocenters. The molecule has 13 heavy (non-hydrogen) atoms. The minimum absolute atomic E-state index is 1.24. The Bertz CT molecular complexity index is 422. The summed E-state index contributed by atoms with van der Waals surface area (Å²) in [5, 5.41) is 2.61. The zero-order valence-corrected chi connectivity index (χ0v) is 8.59. The lowest BCUT2D eigenvalue weighted by Gasteiger charge is -1.99. The van der Waals surface area contributed by atoms with Crippen molar-refractivity contribution >= 4 is 11.6 Å². The Labute approximate surface area is 79.9 Å². The molecule has 0 unspecified atom stereocenters. The first-order chi connectivity index (χ1) is 6.20. The fraction of sp³-hybridized carbons (Fsp3) is 0.231. The second-order valence-corrected chi connectivity index (χ2v) is 3.21. The molecule has 0 N–H and O–H groups in total. The van der Waals surface area contributed by atoms with E-state index in [4.69, 9.17) is 0 Å². The van der Waals surface area contributed by atoms with Gasteiger partial charge in [-0.05, 0) is 42.3 Å². The molecule has 1 aromatic carbocycles. The van der Waals surface area contributed by atoms with E-state index in [1.165, 1.54) is 21.6 Å². The van der Waals surface area contributed by atoms with Gasteiger partial charge in [0.15, 0.2) is 0 Å². The molecule has 0 nitrogen and oxygen atoms in total. The number of allylic oxidation sites excluding steroid dienone is 1. The minimum atomic E-state index is 1.24. The summed E-state index contributed by atoms with van der Waals surface area (Å²) in [5.74, 6) is 0. The van der Waals surface area contributed by atoms with Crippen LogP contribution in [0.25, 0.3) is 11.6 Å². The SMILES string of the molecule is C=C/C(C)=c1/c(C)ccc/c1=C/C. The molecule has 0 aliphatic carbocycles. The normalized spacial score (nSPS) is 14.2. The smallest absolute Gasteiger partial charge is 0.0129 e. The van der Waals surface area contributed by atoms with E-state index in [1.54, 1.807) is 0 Å². The van der Waals surface area contributed by atoms with Crippen LogP contribution in [0.5, 0.6) is 0 Å². The van der Waals surface area contributed by atoms with Gasteiger partial charge in [0.25, 0.3) is 0 Å². The molecule has 0 amide bonds. The summed E-state index contributed by atoms with van der Waals surface area (Å²) < 4.78 is 0. The second-order valence-electron chi connectivity index (χ2n) is 3.21. The molecule has 0 bridgehead atoms. The third-order valence-electron chi connectivity index (χ3n) is 2.32. The molecule has 0 spiro atoms. The van der Waals surface area contributed by atoms with Gasteiger partial charge in [0.05, 0.1) is 0 Å². The predicted molar refractivity (Wildman–Crippen MR) is 59.8 cm³/mol. The highest BCUT2D eigenvalue weighted by atomic mass is 14.0. The van der Waals surface area contributed by atoms with Crippen molar-refractivity contribution in [3.63, 3.8) is 0 Å². The lowest BCUT2D eigenvalue weighted by atomic mass is 10.1. The zero-order valence-electron chi connectivity index (χ0n) is 8.59. The number of aryl methyl sites for hydroxylation is 1. The molecule has 68 valence electrons. The number of hydrogen-bond donors (Lipinski definition) is 0. The molecule has 0 saturated carbocycles. The maximum absolute atomic E-state index is 3.80. The first kappa shape index (κ1) is 9.79. The first-order valence-electron chi connectivity index (χ1n) is 4.56. The van der Waals surface area contributed by atoms with Crippen molar-refractivity contribution in [3.8, 4) is 0 Å². The molecule has 0 aliphatic rings.